The zero-order valence-corrected chi connectivity index (χ0v) is 13.3. The van der Waals surface area contributed by atoms with Crippen molar-refractivity contribution in [3.8, 4) is 5.88 Å². The van der Waals surface area contributed by atoms with Crippen molar-refractivity contribution in [2.45, 2.75) is 37.6 Å². The Morgan fingerprint density at radius 1 is 1.21 bits per heavy atom. The fourth-order valence-corrected chi connectivity index (χ4v) is 3.59. The molecule has 2 aromatic heterocycles. The van der Waals surface area contributed by atoms with E-state index < -0.39 is 5.82 Å². The van der Waals surface area contributed by atoms with Gasteiger partial charge in [0.15, 0.2) is 5.82 Å². The number of fused-ring (bicyclic) bond motifs is 1. The summed E-state index contributed by atoms with van der Waals surface area (Å²) >= 11 is 0. The van der Waals surface area contributed by atoms with E-state index in [0.29, 0.717) is 6.54 Å². The molecule has 2 aromatic rings. The highest BCUT2D eigenvalue weighted by atomic mass is 19.1. The largest absolute Gasteiger partial charge is 0.468 e. The topological polar surface area (TPSA) is 47.5 Å². The second kappa shape index (κ2) is 6.83. The van der Waals surface area contributed by atoms with Crippen LogP contribution in [-0.4, -0.2) is 46.3 Å². The van der Waals surface area contributed by atoms with E-state index in [2.05, 4.69) is 14.9 Å². The molecule has 4 rings (SSSR count). The van der Waals surface area contributed by atoms with Crippen LogP contribution in [0, 0.1) is 5.82 Å². The Labute approximate surface area is 140 Å². The van der Waals surface area contributed by atoms with Gasteiger partial charge in [0, 0.05) is 38.1 Å². The molecule has 0 unspecified atom stereocenters. The Morgan fingerprint density at radius 3 is 2.96 bits per heavy atom. The summed E-state index contributed by atoms with van der Waals surface area (Å²) in [6, 6.07) is 9.12. The summed E-state index contributed by atoms with van der Waals surface area (Å²) < 4.78 is 25.7. The molecule has 5 nitrogen and oxygen atoms in total. The highest BCUT2D eigenvalue weighted by Crippen LogP contribution is 2.32. The van der Waals surface area contributed by atoms with E-state index in [1.54, 1.807) is 12.3 Å². The second-order valence-electron chi connectivity index (χ2n) is 6.24. The maximum absolute atomic E-state index is 13.9. The molecule has 4 heterocycles. The lowest BCUT2D eigenvalue weighted by Crippen LogP contribution is -2.42. The molecule has 0 amide bonds. The normalized spacial score (nSPS) is 27.0. The molecule has 0 N–H and O–H groups in total. The van der Waals surface area contributed by atoms with Crippen molar-refractivity contribution < 1.29 is 13.9 Å². The Morgan fingerprint density at radius 2 is 2.12 bits per heavy atom. The molecule has 0 bridgehead atoms. The number of rotatable bonds is 4. The summed E-state index contributed by atoms with van der Waals surface area (Å²) in [7, 11) is 0. The van der Waals surface area contributed by atoms with Crippen LogP contribution in [0.25, 0.3) is 0 Å². The van der Waals surface area contributed by atoms with Crippen molar-refractivity contribution in [2.24, 2.45) is 0 Å². The Kier molecular flexibility index (Phi) is 4.40. The van der Waals surface area contributed by atoms with Crippen molar-refractivity contribution in [1.29, 1.82) is 0 Å². The Hall–Kier alpha value is -2.05. The average molecular weight is 329 g/mol. The maximum Gasteiger partial charge on any atom is 0.250 e. The SMILES string of the molecule is Fc1cccnc1O[C@@H]1CN(Cc2ccccn2)[C@H]2CCCO[C@@H]12. The first-order valence-electron chi connectivity index (χ1n) is 8.34. The van der Waals surface area contributed by atoms with Gasteiger partial charge in [0.05, 0.1) is 5.69 Å². The molecule has 0 spiro atoms. The molecule has 126 valence electrons. The van der Waals surface area contributed by atoms with Gasteiger partial charge in [-0.3, -0.25) is 9.88 Å². The first kappa shape index (κ1) is 15.5. The van der Waals surface area contributed by atoms with Gasteiger partial charge >= 0.3 is 0 Å². The molecular formula is C18H20FN3O2. The Bertz CT molecular complexity index is 685. The number of pyridine rings is 2. The third kappa shape index (κ3) is 3.12. The zero-order chi connectivity index (χ0) is 16.4. The molecule has 0 saturated carbocycles. The third-order valence-electron chi connectivity index (χ3n) is 4.66. The lowest BCUT2D eigenvalue weighted by molar-refractivity contribution is -0.0487. The standard InChI is InChI=1S/C18H20FN3O2/c19-14-6-3-9-21-18(14)24-16-12-22(11-13-5-1-2-8-20-13)15-7-4-10-23-17(15)16/h1-3,5-6,8-9,15-17H,4,7,10-12H2/t15-,16+,17+/m0/s1. The van der Waals surface area contributed by atoms with Gasteiger partial charge < -0.3 is 9.47 Å². The second-order valence-corrected chi connectivity index (χ2v) is 6.24. The van der Waals surface area contributed by atoms with Crippen molar-refractivity contribution >= 4 is 0 Å². The van der Waals surface area contributed by atoms with Gasteiger partial charge in [-0.1, -0.05) is 6.07 Å². The van der Waals surface area contributed by atoms with Gasteiger partial charge in [-0.25, -0.2) is 9.37 Å². The minimum absolute atomic E-state index is 0.0510. The number of ether oxygens (including phenoxy) is 2. The molecule has 24 heavy (non-hydrogen) atoms. The molecule has 0 aromatic carbocycles. The maximum atomic E-state index is 13.9. The highest BCUT2D eigenvalue weighted by Gasteiger charge is 2.45. The summed E-state index contributed by atoms with van der Waals surface area (Å²) in [5.74, 6) is -0.386. The molecule has 0 radical (unpaired) electrons. The minimum Gasteiger partial charge on any atom is -0.468 e. The summed E-state index contributed by atoms with van der Waals surface area (Å²) in [5, 5.41) is 0. The summed E-state index contributed by atoms with van der Waals surface area (Å²) in [5.41, 5.74) is 1.02. The number of halogens is 1. The van der Waals surface area contributed by atoms with Crippen LogP contribution < -0.4 is 4.74 Å². The van der Waals surface area contributed by atoms with Gasteiger partial charge in [-0.15, -0.1) is 0 Å². The van der Waals surface area contributed by atoms with Crippen LogP contribution in [0.5, 0.6) is 5.88 Å². The molecule has 0 aliphatic carbocycles. The molecule has 2 aliphatic rings. The van der Waals surface area contributed by atoms with Crippen LogP contribution >= 0.6 is 0 Å². The molecule has 3 atom stereocenters. The summed E-state index contributed by atoms with van der Waals surface area (Å²) in [6.45, 7) is 2.15. The molecular weight excluding hydrogens is 309 g/mol. The number of hydrogen-bond donors (Lipinski definition) is 0. The van der Waals surface area contributed by atoms with Crippen molar-refractivity contribution in [1.82, 2.24) is 14.9 Å². The summed E-state index contributed by atoms with van der Waals surface area (Å²) in [4.78, 5) is 10.7. The highest BCUT2D eigenvalue weighted by molar-refractivity contribution is 5.15. The summed E-state index contributed by atoms with van der Waals surface area (Å²) in [6.07, 6.45) is 5.16. The van der Waals surface area contributed by atoms with Crippen molar-refractivity contribution in [2.75, 3.05) is 13.2 Å². The zero-order valence-electron chi connectivity index (χ0n) is 13.3. The van der Waals surface area contributed by atoms with E-state index in [1.807, 2.05) is 18.2 Å². The van der Waals surface area contributed by atoms with E-state index >= 15 is 0 Å². The fourth-order valence-electron chi connectivity index (χ4n) is 3.59. The number of likely N-dealkylation sites (tertiary alicyclic amines) is 1. The number of nitrogens with zero attached hydrogens (tertiary/aromatic N) is 3. The molecule has 2 aliphatic heterocycles. The third-order valence-corrected chi connectivity index (χ3v) is 4.66. The molecule has 2 saturated heterocycles. The van der Waals surface area contributed by atoms with Gasteiger partial charge in [0.1, 0.15) is 12.2 Å². The van der Waals surface area contributed by atoms with Crippen molar-refractivity contribution in [3.05, 3.63) is 54.2 Å². The lowest BCUT2D eigenvalue weighted by atomic mass is 10.0. The van der Waals surface area contributed by atoms with Crippen LogP contribution in [0.1, 0.15) is 18.5 Å². The van der Waals surface area contributed by atoms with E-state index in [1.165, 1.54) is 12.3 Å². The van der Waals surface area contributed by atoms with Crippen LogP contribution in [0.2, 0.25) is 0 Å². The van der Waals surface area contributed by atoms with E-state index in [4.69, 9.17) is 9.47 Å². The predicted molar refractivity (Wildman–Crippen MR) is 86.0 cm³/mol. The first-order chi connectivity index (χ1) is 11.8. The lowest BCUT2D eigenvalue weighted by Gasteiger charge is -2.32. The molecule has 6 heteroatoms. The van der Waals surface area contributed by atoms with Gasteiger partial charge in [-0.2, -0.15) is 0 Å². The number of hydrogen-bond acceptors (Lipinski definition) is 5. The smallest absolute Gasteiger partial charge is 0.250 e. The van der Waals surface area contributed by atoms with Crippen LogP contribution in [0.4, 0.5) is 4.39 Å². The minimum atomic E-state index is -0.437. The fraction of sp³-hybridized carbons (Fsp3) is 0.444. The van der Waals surface area contributed by atoms with E-state index in [0.717, 1.165) is 31.7 Å². The Balaban J connectivity index is 1.52. The van der Waals surface area contributed by atoms with Crippen molar-refractivity contribution in [3.63, 3.8) is 0 Å². The van der Waals surface area contributed by atoms with E-state index in [-0.39, 0.29) is 24.1 Å². The van der Waals surface area contributed by atoms with Crippen LogP contribution in [0.15, 0.2) is 42.7 Å². The van der Waals surface area contributed by atoms with Crippen LogP contribution in [0.3, 0.4) is 0 Å². The van der Waals surface area contributed by atoms with Crippen LogP contribution in [-0.2, 0) is 11.3 Å². The number of aromatic nitrogens is 2. The monoisotopic (exact) mass is 329 g/mol. The van der Waals surface area contributed by atoms with E-state index in [9.17, 15) is 4.39 Å². The van der Waals surface area contributed by atoms with Gasteiger partial charge in [-0.05, 0) is 37.1 Å². The first-order valence-corrected chi connectivity index (χ1v) is 8.34. The quantitative estimate of drug-likeness (QED) is 0.862. The van der Waals surface area contributed by atoms with Gasteiger partial charge in [0.25, 0.3) is 5.88 Å². The average Bonchev–Trinajstić information content (AvgIpc) is 2.96. The van der Waals surface area contributed by atoms with Gasteiger partial charge in [0.2, 0.25) is 0 Å². The predicted octanol–water partition coefficient (Wildman–Crippen LogP) is 2.43. The molecule has 2 fully saturated rings.